The van der Waals surface area contributed by atoms with Gasteiger partial charge in [-0.2, -0.15) is 0 Å². The zero-order valence-electron chi connectivity index (χ0n) is 8.24. The van der Waals surface area contributed by atoms with Gasteiger partial charge < -0.3 is 9.66 Å². The minimum atomic E-state index is -2.22. The van der Waals surface area contributed by atoms with Gasteiger partial charge in [0, 0.05) is 4.90 Å². The third-order valence-corrected chi connectivity index (χ3v) is 2.99. The van der Waals surface area contributed by atoms with Gasteiger partial charge in [0.1, 0.15) is 5.75 Å². The summed E-state index contributed by atoms with van der Waals surface area (Å²) < 4.78 is 21.8. The second-order valence-electron chi connectivity index (χ2n) is 2.98. The second kappa shape index (κ2) is 4.57. The average Bonchev–Trinajstić information content (AvgIpc) is 2.16. The van der Waals surface area contributed by atoms with Crippen LogP contribution in [0.5, 0.6) is 5.75 Å². The Morgan fingerprint density at radius 1 is 1.29 bits per heavy atom. The Balaban J connectivity index is 3.40. The summed E-state index contributed by atoms with van der Waals surface area (Å²) >= 11 is -2.22. The first-order valence-corrected chi connectivity index (χ1v) is 5.62. The van der Waals surface area contributed by atoms with Crippen molar-refractivity contribution in [2.45, 2.75) is 31.6 Å². The van der Waals surface area contributed by atoms with E-state index < -0.39 is 11.1 Å². The molecule has 0 aliphatic carbocycles. The summed E-state index contributed by atoms with van der Waals surface area (Å²) in [5.41, 5.74) is 1.45. The first-order chi connectivity index (χ1) is 6.61. The van der Waals surface area contributed by atoms with E-state index in [1.165, 1.54) is 12.1 Å². The number of phenolic OH excluding ortho intramolecular Hbond substituents is 1. The summed E-state index contributed by atoms with van der Waals surface area (Å²) in [4.78, 5) is 0.294. The van der Waals surface area contributed by atoms with Crippen LogP contribution >= 0.6 is 0 Å². The molecular formula is C10H13O3S-. The van der Waals surface area contributed by atoms with Crippen LogP contribution in [-0.2, 0) is 23.9 Å². The van der Waals surface area contributed by atoms with Crippen LogP contribution in [0, 0.1) is 0 Å². The fourth-order valence-corrected chi connectivity index (χ4v) is 2.25. The summed E-state index contributed by atoms with van der Waals surface area (Å²) in [6.07, 6.45) is 1.25. The SMILES string of the molecule is CCc1c(O)ccc(S(=O)[O-])c1CC. The first-order valence-electron chi connectivity index (χ1n) is 4.54. The van der Waals surface area contributed by atoms with E-state index in [0.29, 0.717) is 17.7 Å². The number of hydrogen-bond acceptors (Lipinski definition) is 3. The molecule has 0 amide bonds. The number of aromatic hydroxyl groups is 1. The highest BCUT2D eigenvalue weighted by atomic mass is 32.2. The van der Waals surface area contributed by atoms with Gasteiger partial charge in [-0.05, 0) is 47.2 Å². The molecule has 0 fully saturated rings. The van der Waals surface area contributed by atoms with Crippen molar-refractivity contribution in [3.05, 3.63) is 23.3 Å². The molecule has 1 rings (SSSR count). The highest BCUT2D eigenvalue weighted by Gasteiger charge is 2.10. The minimum absolute atomic E-state index is 0.179. The van der Waals surface area contributed by atoms with Gasteiger partial charge in [-0.25, -0.2) is 0 Å². The molecular weight excluding hydrogens is 200 g/mol. The Bertz CT molecular complexity index is 361. The molecule has 0 heterocycles. The molecule has 0 aliphatic rings. The monoisotopic (exact) mass is 213 g/mol. The lowest BCUT2D eigenvalue weighted by Crippen LogP contribution is -2.00. The molecule has 1 unspecified atom stereocenters. The lowest BCUT2D eigenvalue weighted by atomic mass is 10.0. The molecule has 0 saturated heterocycles. The van der Waals surface area contributed by atoms with E-state index in [4.69, 9.17) is 0 Å². The van der Waals surface area contributed by atoms with Crippen LogP contribution < -0.4 is 0 Å². The maximum absolute atomic E-state index is 10.9. The number of benzene rings is 1. The molecule has 1 aromatic carbocycles. The normalized spacial score (nSPS) is 12.8. The van der Waals surface area contributed by atoms with Crippen LogP contribution in [0.2, 0.25) is 0 Å². The average molecular weight is 213 g/mol. The molecule has 0 aromatic heterocycles. The molecule has 4 heteroatoms. The van der Waals surface area contributed by atoms with Gasteiger partial charge in [0.15, 0.2) is 0 Å². The van der Waals surface area contributed by atoms with Crippen LogP contribution in [0.25, 0.3) is 0 Å². The lowest BCUT2D eigenvalue weighted by molar-refractivity contribution is 0.466. The summed E-state index contributed by atoms with van der Waals surface area (Å²) in [6.45, 7) is 3.77. The van der Waals surface area contributed by atoms with Crippen molar-refractivity contribution in [2.24, 2.45) is 0 Å². The van der Waals surface area contributed by atoms with Gasteiger partial charge in [-0.3, -0.25) is 4.21 Å². The Labute approximate surface area is 86.1 Å². The zero-order valence-corrected chi connectivity index (χ0v) is 9.06. The van der Waals surface area contributed by atoms with E-state index in [0.717, 1.165) is 11.1 Å². The molecule has 0 aliphatic heterocycles. The van der Waals surface area contributed by atoms with Crippen molar-refractivity contribution in [3.63, 3.8) is 0 Å². The summed E-state index contributed by atoms with van der Waals surface area (Å²) in [5.74, 6) is 0.179. The molecule has 1 N–H and O–H groups in total. The quantitative estimate of drug-likeness (QED) is 0.778. The molecule has 0 saturated carbocycles. The Kier molecular flexibility index (Phi) is 3.66. The van der Waals surface area contributed by atoms with Gasteiger partial charge in [-0.1, -0.05) is 13.8 Å². The molecule has 0 spiro atoms. The van der Waals surface area contributed by atoms with Gasteiger partial charge in [0.05, 0.1) is 0 Å². The smallest absolute Gasteiger partial charge is 0.119 e. The van der Waals surface area contributed by atoms with Crippen molar-refractivity contribution in [1.82, 2.24) is 0 Å². The molecule has 1 atom stereocenters. The van der Waals surface area contributed by atoms with E-state index in [9.17, 15) is 13.9 Å². The first kappa shape index (κ1) is 11.2. The second-order valence-corrected chi connectivity index (χ2v) is 3.89. The van der Waals surface area contributed by atoms with Crippen molar-refractivity contribution in [3.8, 4) is 5.75 Å². The van der Waals surface area contributed by atoms with Crippen LogP contribution in [0.1, 0.15) is 25.0 Å². The predicted molar refractivity (Wildman–Crippen MR) is 54.0 cm³/mol. The van der Waals surface area contributed by atoms with Crippen molar-refractivity contribution < 1.29 is 13.9 Å². The lowest BCUT2D eigenvalue weighted by Gasteiger charge is -2.15. The highest BCUT2D eigenvalue weighted by molar-refractivity contribution is 7.79. The minimum Gasteiger partial charge on any atom is -0.768 e. The Morgan fingerprint density at radius 3 is 2.29 bits per heavy atom. The van der Waals surface area contributed by atoms with Crippen LogP contribution in [0.15, 0.2) is 17.0 Å². The highest BCUT2D eigenvalue weighted by Crippen LogP contribution is 2.27. The van der Waals surface area contributed by atoms with Crippen molar-refractivity contribution in [1.29, 1.82) is 0 Å². The molecule has 0 bridgehead atoms. The van der Waals surface area contributed by atoms with E-state index in [1.54, 1.807) is 0 Å². The predicted octanol–water partition coefficient (Wildman–Crippen LogP) is 1.76. The van der Waals surface area contributed by atoms with Crippen LogP contribution in [0.3, 0.4) is 0 Å². The van der Waals surface area contributed by atoms with Crippen LogP contribution in [-0.4, -0.2) is 13.9 Å². The third-order valence-electron chi connectivity index (χ3n) is 2.25. The summed E-state index contributed by atoms with van der Waals surface area (Å²) in [7, 11) is 0. The van der Waals surface area contributed by atoms with E-state index in [-0.39, 0.29) is 5.75 Å². The largest absolute Gasteiger partial charge is 0.768 e. The maximum Gasteiger partial charge on any atom is 0.119 e. The summed E-state index contributed by atoms with van der Waals surface area (Å²) in [6, 6.07) is 2.87. The third kappa shape index (κ3) is 1.96. The van der Waals surface area contributed by atoms with E-state index in [2.05, 4.69) is 0 Å². The number of hydrogen-bond donors (Lipinski definition) is 1. The standard InChI is InChI=1S/C10H14O3S/c1-3-7-8(4-2)10(14(12)13)6-5-9(7)11/h5-6,11H,3-4H2,1-2H3,(H,12,13)/p-1. The maximum atomic E-state index is 10.9. The molecule has 14 heavy (non-hydrogen) atoms. The van der Waals surface area contributed by atoms with Gasteiger partial charge >= 0.3 is 0 Å². The molecule has 1 aromatic rings. The topological polar surface area (TPSA) is 60.4 Å². The Hall–Kier alpha value is -0.870. The van der Waals surface area contributed by atoms with E-state index >= 15 is 0 Å². The molecule has 3 nitrogen and oxygen atoms in total. The number of rotatable bonds is 3. The fraction of sp³-hybridized carbons (Fsp3) is 0.400. The van der Waals surface area contributed by atoms with Crippen molar-refractivity contribution >= 4 is 11.1 Å². The molecule has 78 valence electrons. The zero-order chi connectivity index (χ0) is 10.7. The van der Waals surface area contributed by atoms with Crippen LogP contribution in [0.4, 0.5) is 0 Å². The Morgan fingerprint density at radius 2 is 1.86 bits per heavy atom. The summed E-state index contributed by atoms with van der Waals surface area (Å²) in [5, 5.41) is 9.53. The molecule has 0 radical (unpaired) electrons. The van der Waals surface area contributed by atoms with Gasteiger partial charge in [-0.15, -0.1) is 0 Å². The van der Waals surface area contributed by atoms with Gasteiger partial charge in [0.2, 0.25) is 0 Å². The van der Waals surface area contributed by atoms with Crippen molar-refractivity contribution in [2.75, 3.05) is 0 Å². The fourth-order valence-electron chi connectivity index (χ4n) is 1.60. The van der Waals surface area contributed by atoms with E-state index in [1.807, 2.05) is 13.8 Å². The number of phenols is 1. The van der Waals surface area contributed by atoms with Gasteiger partial charge in [0.25, 0.3) is 0 Å².